The SMILES string of the molecule is COc1cc(C=Nn2c(-c3cc4cc(Br)ccc4o3)nc3ccccc3c2=O)cc(OC)c1OCc1ccc(C(=O)O)cc1. The number of fused-ring (bicyclic) bond motifs is 2. The van der Waals surface area contributed by atoms with Crippen LogP contribution >= 0.6 is 15.9 Å². The fourth-order valence-corrected chi connectivity index (χ4v) is 5.03. The van der Waals surface area contributed by atoms with Crippen LogP contribution in [0.4, 0.5) is 0 Å². The van der Waals surface area contributed by atoms with Gasteiger partial charge in [0, 0.05) is 15.4 Å². The highest BCUT2D eigenvalue weighted by Gasteiger charge is 2.18. The summed E-state index contributed by atoms with van der Waals surface area (Å²) in [5.74, 6) is 0.726. The number of carboxylic acids is 1. The predicted molar refractivity (Wildman–Crippen MR) is 169 cm³/mol. The van der Waals surface area contributed by atoms with Crippen LogP contribution in [0.3, 0.4) is 0 Å². The number of rotatable bonds is 9. The number of hydrogen-bond acceptors (Lipinski definition) is 8. The average Bonchev–Trinajstić information content (AvgIpc) is 3.46. The van der Waals surface area contributed by atoms with Crippen molar-refractivity contribution in [3.63, 3.8) is 0 Å². The minimum absolute atomic E-state index is 0.148. The van der Waals surface area contributed by atoms with Crippen molar-refractivity contribution in [2.45, 2.75) is 6.61 Å². The second-order valence-corrected chi connectivity index (χ2v) is 10.6. The molecule has 10 nitrogen and oxygen atoms in total. The van der Waals surface area contributed by atoms with Gasteiger partial charge in [-0.05, 0) is 66.2 Å². The topological polar surface area (TPSA) is 125 Å². The molecule has 4 aromatic carbocycles. The van der Waals surface area contributed by atoms with Gasteiger partial charge in [-0.15, -0.1) is 0 Å². The molecule has 0 aliphatic rings. The lowest BCUT2D eigenvalue weighted by molar-refractivity contribution is 0.0697. The Balaban J connectivity index is 1.38. The van der Waals surface area contributed by atoms with E-state index in [4.69, 9.17) is 28.7 Å². The molecule has 44 heavy (non-hydrogen) atoms. The molecule has 6 aromatic rings. The standard InChI is InChI=1S/C33H24BrN3O7/c1-41-27-13-20(14-28(42-2)30(27)43-18-19-7-9-21(10-8-19)33(39)40)17-35-37-31(36-25-6-4-3-5-24(25)32(37)38)29-16-22-15-23(34)11-12-26(22)44-29/h3-17H,18H2,1-2H3,(H,39,40). The van der Waals surface area contributed by atoms with Crippen LogP contribution in [0.5, 0.6) is 17.2 Å². The summed E-state index contributed by atoms with van der Waals surface area (Å²) in [7, 11) is 3.00. The van der Waals surface area contributed by atoms with Gasteiger partial charge >= 0.3 is 5.97 Å². The summed E-state index contributed by atoms with van der Waals surface area (Å²) in [5, 5.41) is 14.9. The van der Waals surface area contributed by atoms with Gasteiger partial charge in [0.2, 0.25) is 11.6 Å². The zero-order valence-electron chi connectivity index (χ0n) is 23.5. The van der Waals surface area contributed by atoms with Crippen molar-refractivity contribution in [3.8, 4) is 28.8 Å². The van der Waals surface area contributed by atoms with Crippen LogP contribution in [0.2, 0.25) is 0 Å². The number of aromatic carboxylic acids is 1. The Labute approximate surface area is 258 Å². The Hall–Kier alpha value is -5.42. The van der Waals surface area contributed by atoms with Crippen LogP contribution in [0.1, 0.15) is 21.5 Å². The Bertz CT molecular complexity index is 2090. The number of nitrogens with zero attached hydrogens (tertiary/aromatic N) is 3. The van der Waals surface area contributed by atoms with Crippen molar-refractivity contribution < 1.29 is 28.5 Å². The maximum absolute atomic E-state index is 13.6. The lowest BCUT2D eigenvalue weighted by Gasteiger charge is -2.15. The van der Waals surface area contributed by atoms with Crippen LogP contribution in [0.25, 0.3) is 33.5 Å². The largest absolute Gasteiger partial charge is 0.493 e. The van der Waals surface area contributed by atoms with Gasteiger partial charge in [0.05, 0.1) is 36.9 Å². The summed E-state index contributed by atoms with van der Waals surface area (Å²) in [6.07, 6.45) is 1.50. The van der Waals surface area contributed by atoms with Gasteiger partial charge < -0.3 is 23.7 Å². The van der Waals surface area contributed by atoms with E-state index in [1.54, 1.807) is 42.5 Å². The zero-order chi connectivity index (χ0) is 30.8. The quantitative estimate of drug-likeness (QED) is 0.170. The molecule has 2 aromatic heterocycles. The maximum atomic E-state index is 13.6. The van der Waals surface area contributed by atoms with Crippen LogP contribution in [-0.2, 0) is 6.61 Å². The lowest BCUT2D eigenvalue weighted by atomic mass is 10.1. The van der Waals surface area contributed by atoms with E-state index >= 15 is 0 Å². The van der Waals surface area contributed by atoms with E-state index in [1.807, 2.05) is 30.3 Å². The minimum Gasteiger partial charge on any atom is -0.493 e. The van der Waals surface area contributed by atoms with Gasteiger partial charge in [0.15, 0.2) is 17.3 Å². The third kappa shape index (κ3) is 5.64. The van der Waals surface area contributed by atoms with E-state index < -0.39 is 5.97 Å². The normalized spacial score (nSPS) is 11.3. The van der Waals surface area contributed by atoms with E-state index in [-0.39, 0.29) is 23.6 Å². The molecule has 0 aliphatic carbocycles. The van der Waals surface area contributed by atoms with Gasteiger partial charge in [-0.2, -0.15) is 9.78 Å². The van der Waals surface area contributed by atoms with Gasteiger partial charge in [0.25, 0.3) is 5.56 Å². The fourth-order valence-electron chi connectivity index (χ4n) is 4.66. The zero-order valence-corrected chi connectivity index (χ0v) is 25.1. The van der Waals surface area contributed by atoms with Crippen molar-refractivity contribution >= 4 is 50.0 Å². The molecule has 0 aliphatic heterocycles. The second-order valence-electron chi connectivity index (χ2n) is 9.65. The number of benzene rings is 4. The molecule has 220 valence electrons. The molecule has 0 saturated carbocycles. The van der Waals surface area contributed by atoms with Gasteiger partial charge in [0.1, 0.15) is 12.2 Å². The van der Waals surface area contributed by atoms with E-state index in [1.165, 1.54) is 37.2 Å². The molecule has 11 heteroatoms. The Morgan fingerprint density at radius 3 is 2.43 bits per heavy atom. The summed E-state index contributed by atoms with van der Waals surface area (Å²) >= 11 is 3.48. The van der Waals surface area contributed by atoms with Crippen molar-refractivity contribution in [3.05, 3.63) is 116 Å². The molecule has 1 N–H and O–H groups in total. The van der Waals surface area contributed by atoms with E-state index in [0.29, 0.717) is 45.1 Å². The molecule has 0 radical (unpaired) electrons. The number of para-hydroxylation sites is 1. The third-order valence-corrected chi connectivity index (χ3v) is 7.34. The molecular formula is C33H24BrN3O7. The summed E-state index contributed by atoms with van der Waals surface area (Å²) in [6, 6.07) is 24.3. The first-order valence-corrected chi connectivity index (χ1v) is 14.1. The number of aromatic nitrogens is 2. The molecular weight excluding hydrogens is 630 g/mol. The molecule has 0 bridgehead atoms. The Morgan fingerprint density at radius 1 is 1.00 bits per heavy atom. The number of furan rings is 1. The highest BCUT2D eigenvalue weighted by Crippen LogP contribution is 2.39. The summed E-state index contributed by atoms with van der Waals surface area (Å²) < 4.78 is 25.4. The fraction of sp³-hybridized carbons (Fsp3) is 0.0909. The number of ether oxygens (including phenoxy) is 3. The van der Waals surface area contributed by atoms with Crippen molar-refractivity contribution in [2.75, 3.05) is 14.2 Å². The summed E-state index contributed by atoms with van der Waals surface area (Å²) in [4.78, 5) is 29.5. The highest BCUT2D eigenvalue weighted by molar-refractivity contribution is 9.10. The highest BCUT2D eigenvalue weighted by atomic mass is 79.9. The lowest BCUT2D eigenvalue weighted by Crippen LogP contribution is -2.20. The predicted octanol–water partition coefficient (Wildman–Crippen LogP) is 6.75. The molecule has 0 fully saturated rings. The Morgan fingerprint density at radius 2 is 1.73 bits per heavy atom. The van der Waals surface area contributed by atoms with Crippen molar-refractivity contribution in [2.24, 2.45) is 5.10 Å². The van der Waals surface area contributed by atoms with Crippen LogP contribution in [0.15, 0.2) is 104 Å². The van der Waals surface area contributed by atoms with E-state index in [9.17, 15) is 9.59 Å². The molecule has 6 rings (SSSR count). The number of hydrogen-bond donors (Lipinski definition) is 1. The molecule has 0 saturated heterocycles. The summed E-state index contributed by atoms with van der Waals surface area (Å²) in [5.41, 5.74) is 2.31. The third-order valence-electron chi connectivity index (χ3n) is 6.84. The first-order valence-electron chi connectivity index (χ1n) is 13.3. The number of halogens is 1. The van der Waals surface area contributed by atoms with Crippen molar-refractivity contribution in [1.82, 2.24) is 9.66 Å². The first kappa shape index (κ1) is 28.7. The molecule has 2 heterocycles. The Kier molecular flexibility index (Phi) is 7.86. The van der Waals surface area contributed by atoms with Crippen LogP contribution in [0, 0.1) is 0 Å². The molecule has 0 unspecified atom stereocenters. The van der Waals surface area contributed by atoms with Crippen LogP contribution in [-0.4, -0.2) is 41.2 Å². The van der Waals surface area contributed by atoms with Gasteiger partial charge in [-0.25, -0.2) is 9.78 Å². The van der Waals surface area contributed by atoms with Crippen molar-refractivity contribution in [1.29, 1.82) is 0 Å². The second kappa shape index (κ2) is 12.1. The monoisotopic (exact) mass is 653 g/mol. The summed E-state index contributed by atoms with van der Waals surface area (Å²) in [6.45, 7) is 0.148. The molecule has 0 spiro atoms. The van der Waals surface area contributed by atoms with Crippen LogP contribution < -0.4 is 19.8 Å². The van der Waals surface area contributed by atoms with E-state index in [0.717, 1.165) is 15.4 Å². The average molecular weight is 654 g/mol. The number of carboxylic acid groups (broad SMARTS) is 1. The first-order chi connectivity index (χ1) is 21.3. The van der Waals surface area contributed by atoms with E-state index in [2.05, 4.69) is 21.0 Å². The van der Waals surface area contributed by atoms with Gasteiger partial charge in [-0.1, -0.05) is 40.2 Å². The smallest absolute Gasteiger partial charge is 0.335 e. The minimum atomic E-state index is -1.00. The molecule has 0 atom stereocenters. The van der Waals surface area contributed by atoms with Gasteiger partial charge in [-0.3, -0.25) is 4.79 Å². The number of methoxy groups -OCH3 is 2. The molecule has 0 amide bonds. The number of carbonyl (C=O) groups is 1. The maximum Gasteiger partial charge on any atom is 0.335 e.